The van der Waals surface area contributed by atoms with Crippen molar-refractivity contribution < 1.29 is 18.4 Å². The number of Topliss-reactive ketones (excluding diaryl/α,β-unsaturated/α-hetero) is 1. The lowest BCUT2D eigenvalue weighted by molar-refractivity contribution is 0.0960. The van der Waals surface area contributed by atoms with Crippen molar-refractivity contribution in [3.05, 3.63) is 95.6 Å². The van der Waals surface area contributed by atoms with Gasteiger partial charge in [0.05, 0.1) is 5.69 Å². The molecule has 0 aliphatic carbocycles. The highest BCUT2D eigenvalue weighted by atomic mass is 19.1. The van der Waals surface area contributed by atoms with Crippen LogP contribution in [0.15, 0.2) is 72.8 Å². The maximum absolute atomic E-state index is 13.1. The largest absolute Gasteiger partial charge is 0.321 e. The van der Waals surface area contributed by atoms with Gasteiger partial charge in [-0.15, -0.1) is 10.2 Å². The highest BCUT2D eigenvalue weighted by molar-refractivity contribution is 6.06. The first-order chi connectivity index (χ1) is 15.0. The molecule has 1 amide bonds. The summed E-state index contributed by atoms with van der Waals surface area (Å²) < 4.78 is 26.1. The van der Waals surface area contributed by atoms with E-state index in [0.717, 1.165) is 4.80 Å². The Balaban J connectivity index is 1.52. The van der Waals surface area contributed by atoms with Crippen molar-refractivity contribution in [2.75, 3.05) is 5.32 Å². The average Bonchev–Trinajstić information content (AvgIpc) is 3.23. The summed E-state index contributed by atoms with van der Waals surface area (Å²) in [6, 6.07) is 17.2. The molecule has 1 heterocycles. The number of amides is 1. The van der Waals surface area contributed by atoms with Crippen LogP contribution in [0.25, 0.3) is 11.4 Å². The summed E-state index contributed by atoms with van der Waals surface area (Å²) in [5, 5.41) is 14.8. The van der Waals surface area contributed by atoms with Gasteiger partial charge in [-0.3, -0.25) is 9.59 Å². The van der Waals surface area contributed by atoms with E-state index < -0.39 is 17.5 Å². The molecule has 154 valence electrons. The smallest absolute Gasteiger partial charge is 0.255 e. The predicted octanol–water partition coefficient (Wildman–Crippen LogP) is 3.75. The van der Waals surface area contributed by atoms with Crippen LogP contribution in [0.2, 0.25) is 0 Å². The first-order valence-corrected chi connectivity index (χ1v) is 9.22. The number of tetrazole rings is 1. The van der Waals surface area contributed by atoms with Crippen molar-refractivity contribution in [1.82, 2.24) is 20.2 Å². The summed E-state index contributed by atoms with van der Waals surface area (Å²) in [5.74, 6) is -1.39. The van der Waals surface area contributed by atoms with Crippen LogP contribution < -0.4 is 5.32 Å². The number of carbonyl (C=O) groups excluding carboxylic acids is 2. The third-order valence-corrected chi connectivity index (χ3v) is 4.43. The molecule has 0 atom stereocenters. The lowest BCUT2D eigenvalue weighted by atomic mass is 10.1. The molecule has 1 aromatic heterocycles. The fourth-order valence-corrected chi connectivity index (χ4v) is 2.86. The zero-order valence-corrected chi connectivity index (χ0v) is 16.0. The number of ketones is 1. The van der Waals surface area contributed by atoms with E-state index in [1.54, 1.807) is 24.3 Å². The monoisotopic (exact) mass is 419 g/mol. The van der Waals surface area contributed by atoms with Crippen molar-refractivity contribution in [2.24, 2.45) is 0 Å². The van der Waals surface area contributed by atoms with Crippen molar-refractivity contribution in [3.8, 4) is 11.4 Å². The number of para-hydroxylation sites is 1. The molecule has 0 saturated carbocycles. The van der Waals surface area contributed by atoms with E-state index in [-0.39, 0.29) is 23.7 Å². The summed E-state index contributed by atoms with van der Waals surface area (Å²) in [4.78, 5) is 25.9. The summed E-state index contributed by atoms with van der Waals surface area (Å²) in [7, 11) is 0. The molecule has 9 heteroatoms. The standard InChI is InChI=1S/C22H15F2N5O2/c23-16-9-5-14(6-10-16)20(30)13-29-27-21(26-28-29)18-3-1-2-4-19(18)25-22(31)15-7-11-17(24)12-8-15/h1-12H,13H2,(H,25,31). The molecule has 3 aromatic carbocycles. The number of aromatic nitrogens is 4. The molecule has 7 nitrogen and oxygen atoms in total. The molecule has 0 radical (unpaired) electrons. The Morgan fingerprint density at radius 3 is 2.13 bits per heavy atom. The van der Waals surface area contributed by atoms with E-state index in [0.29, 0.717) is 16.8 Å². The van der Waals surface area contributed by atoms with Crippen molar-refractivity contribution in [3.63, 3.8) is 0 Å². The number of rotatable bonds is 6. The molecule has 4 rings (SSSR count). The van der Waals surface area contributed by atoms with E-state index in [4.69, 9.17) is 0 Å². The molecule has 0 spiro atoms. The molecule has 0 aliphatic heterocycles. The van der Waals surface area contributed by atoms with Gasteiger partial charge in [-0.1, -0.05) is 12.1 Å². The van der Waals surface area contributed by atoms with Crippen molar-refractivity contribution in [2.45, 2.75) is 6.54 Å². The zero-order valence-electron chi connectivity index (χ0n) is 16.0. The summed E-state index contributed by atoms with van der Waals surface area (Å²) in [6.07, 6.45) is 0. The van der Waals surface area contributed by atoms with E-state index in [2.05, 4.69) is 20.7 Å². The van der Waals surface area contributed by atoms with Crippen molar-refractivity contribution >= 4 is 17.4 Å². The molecule has 0 unspecified atom stereocenters. The van der Waals surface area contributed by atoms with Gasteiger partial charge in [-0.05, 0) is 65.9 Å². The normalized spacial score (nSPS) is 10.6. The lowest BCUT2D eigenvalue weighted by Crippen LogP contribution is -2.13. The Kier molecular flexibility index (Phi) is 5.57. The van der Waals surface area contributed by atoms with E-state index in [1.165, 1.54) is 48.5 Å². The van der Waals surface area contributed by atoms with Gasteiger partial charge in [0.15, 0.2) is 5.78 Å². The van der Waals surface area contributed by atoms with Crippen LogP contribution in [0.5, 0.6) is 0 Å². The number of hydrogen-bond acceptors (Lipinski definition) is 5. The molecule has 0 saturated heterocycles. The quantitative estimate of drug-likeness (QED) is 0.481. The van der Waals surface area contributed by atoms with Crippen LogP contribution in [-0.2, 0) is 6.54 Å². The average molecular weight is 419 g/mol. The SMILES string of the molecule is O=C(Cn1nnc(-c2ccccc2NC(=O)c2ccc(F)cc2)n1)c1ccc(F)cc1. The molecule has 4 aromatic rings. The number of benzene rings is 3. The second-order valence-electron chi connectivity index (χ2n) is 6.58. The van der Waals surface area contributed by atoms with Crippen LogP contribution in [0.1, 0.15) is 20.7 Å². The number of anilines is 1. The first kappa shape index (κ1) is 20.0. The predicted molar refractivity (Wildman–Crippen MR) is 108 cm³/mol. The van der Waals surface area contributed by atoms with Gasteiger partial charge in [0.2, 0.25) is 5.82 Å². The molecule has 0 aliphatic rings. The topological polar surface area (TPSA) is 89.8 Å². The van der Waals surface area contributed by atoms with Crippen LogP contribution in [-0.4, -0.2) is 31.9 Å². The van der Waals surface area contributed by atoms with E-state index in [9.17, 15) is 18.4 Å². The maximum Gasteiger partial charge on any atom is 0.255 e. The number of carbonyl (C=O) groups is 2. The molecule has 1 N–H and O–H groups in total. The molecule has 0 bridgehead atoms. The van der Waals surface area contributed by atoms with Crippen LogP contribution in [0, 0.1) is 11.6 Å². The van der Waals surface area contributed by atoms with Gasteiger partial charge in [-0.2, -0.15) is 4.80 Å². The minimum atomic E-state index is -0.437. The van der Waals surface area contributed by atoms with E-state index in [1.807, 2.05) is 0 Å². The second-order valence-corrected chi connectivity index (χ2v) is 6.58. The molecule has 0 fully saturated rings. The Labute approximate surface area is 175 Å². The van der Waals surface area contributed by atoms with Gasteiger partial charge in [0, 0.05) is 16.7 Å². The zero-order chi connectivity index (χ0) is 21.8. The third-order valence-electron chi connectivity index (χ3n) is 4.43. The summed E-state index contributed by atoms with van der Waals surface area (Å²) in [6.45, 7) is -0.178. The number of nitrogens with one attached hydrogen (secondary N) is 1. The van der Waals surface area contributed by atoms with Gasteiger partial charge >= 0.3 is 0 Å². The highest BCUT2D eigenvalue weighted by Gasteiger charge is 2.15. The Morgan fingerprint density at radius 2 is 1.45 bits per heavy atom. The van der Waals surface area contributed by atoms with Gasteiger partial charge in [0.25, 0.3) is 5.91 Å². The van der Waals surface area contributed by atoms with Crippen LogP contribution in [0.3, 0.4) is 0 Å². The summed E-state index contributed by atoms with van der Waals surface area (Å²) >= 11 is 0. The summed E-state index contributed by atoms with van der Waals surface area (Å²) in [5.41, 5.74) is 1.55. The number of hydrogen-bond donors (Lipinski definition) is 1. The molecular weight excluding hydrogens is 404 g/mol. The fraction of sp³-hybridized carbons (Fsp3) is 0.0455. The Bertz CT molecular complexity index is 1240. The van der Waals surface area contributed by atoms with E-state index >= 15 is 0 Å². The van der Waals surface area contributed by atoms with Crippen LogP contribution in [0.4, 0.5) is 14.5 Å². The molecule has 31 heavy (non-hydrogen) atoms. The van der Waals surface area contributed by atoms with Crippen molar-refractivity contribution in [1.29, 1.82) is 0 Å². The minimum Gasteiger partial charge on any atom is -0.321 e. The number of nitrogens with zero attached hydrogens (tertiary/aromatic N) is 4. The third kappa shape index (κ3) is 4.67. The first-order valence-electron chi connectivity index (χ1n) is 9.22. The molecular formula is C22H15F2N5O2. The number of halogens is 2. The minimum absolute atomic E-state index is 0.178. The van der Waals surface area contributed by atoms with Gasteiger partial charge in [-0.25, -0.2) is 8.78 Å². The Hall–Kier alpha value is -4.27. The maximum atomic E-state index is 13.1. The van der Waals surface area contributed by atoms with Gasteiger partial charge in [0.1, 0.15) is 18.2 Å². The highest BCUT2D eigenvalue weighted by Crippen LogP contribution is 2.25. The van der Waals surface area contributed by atoms with Gasteiger partial charge < -0.3 is 5.32 Å². The fourth-order valence-electron chi connectivity index (χ4n) is 2.86. The lowest BCUT2D eigenvalue weighted by Gasteiger charge is -2.08. The Morgan fingerprint density at radius 1 is 0.839 bits per heavy atom. The van der Waals surface area contributed by atoms with Crippen LogP contribution >= 0.6 is 0 Å². The second kappa shape index (κ2) is 8.62.